The molecule has 2 nitrogen and oxygen atoms in total. The number of carbonyl (C=O) groups is 1. The van der Waals surface area contributed by atoms with Crippen LogP contribution in [-0.4, -0.2) is 15.9 Å². The predicted molar refractivity (Wildman–Crippen MR) is 53.7 cm³/mol. The Morgan fingerprint density at radius 3 is 2.42 bits per heavy atom. The minimum atomic E-state index is -0.710. The van der Waals surface area contributed by atoms with Crippen LogP contribution in [0.4, 0.5) is 0 Å². The minimum Gasteiger partial charge on any atom is -0.481 e. The largest absolute Gasteiger partial charge is 0.481 e. The SMILES string of the molecule is CCC(Br)CCC(C)(C)C(=O)O. The third kappa shape index (κ3) is 4.10. The van der Waals surface area contributed by atoms with E-state index in [-0.39, 0.29) is 0 Å². The molecule has 0 rings (SSSR count). The number of halogens is 1. The molecule has 0 fully saturated rings. The summed E-state index contributed by atoms with van der Waals surface area (Å²) >= 11 is 3.49. The van der Waals surface area contributed by atoms with E-state index in [1.807, 2.05) is 0 Å². The molecular weight excluding hydrogens is 220 g/mol. The maximum absolute atomic E-state index is 10.7. The van der Waals surface area contributed by atoms with Crippen LogP contribution < -0.4 is 0 Å². The Balaban J connectivity index is 3.83. The molecule has 0 saturated carbocycles. The Morgan fingerprint density at radius 1 is 1.58 bits per heavy atom. The van der Waals surface area contributed by atoms with Crippen LogP contribution in [0.25, 0.3) is 0 Å². The molecule has 0 bridgehead atoms. The maximum Gasteiger partial charge on any atom is 0.309 e. The number of hydrogen-bond acceptors (Lipinski definition) is 1. The normalized spacial score (nSPS) is 14.3. The van der Waals surface area contributed by atoms with E-state index in [4.69, 9.17) is 5.11 Å². The number of hydrogen-bond donors (Lipinski definition) is 1. The number of carboxylic acids is 1. The van der Waals surface area contributed by atoms with Gasteiger partial charge in [0.15, 0.2) is 0 Å². The lowest BCUT2D eigenvalue weighted by Crippen LogP contribution is -2.24. The second kappa shape index (κ2) is 4.85. The van der Waals surface area contributed by atoms with Crippen molar-refractivity contribution in [2.45, 2.75) is 44.9 Å². The van der Waals surface area contributed by atoms with Gasteiger partial charge in [-0.2, -0.15) is 0 Å². The first-order valence-electron chi connectivity index (χ1n) is 4.27. The van der Waals surface area contributed by atoms with Crippen LogP contribution in [0.15, 0.2) is 0 Å². The second-order valence-electron chi connectivity index (χ2n) is 3.73. The second-order valence-corrected chi connectivity index (χ2v) is 5.03. The van der Waals surface area contributed by atoms with Gasteiger partial charge in [0.25, 0.3) is 0 Å². The molecule has 0 spiro atoms. The average molecular weight is 237 g/mol. The van der Waals surface area contributed by atoms with Crippen molar-refractivity contribution in [1.29, 1.82) is 0 Å². The fourth-order valence-electron chi connectivity index (χ4n) is 0.829. The third-order valence-electron chi connectivity index (χ3n) is 2.10. The molecule has 0 aliphatic heterocycles. The fourth-order valence-corrected chi connectivity index (χ4v) is 1.06. The first-order valence-corrected chi connectivity index (χ1v) is 5.19. The summed E-state index contributed by atoms with van der Waals surface area (Å²) in [4.78, 5) is 11.2. The van der Waals surface area contributed by atoms with Crippen molar-refractivity contribution in [1.82, 2.24) is 0 Å². The van der Waals surface area contributed by atoms with Gasteiger partial charge in [0.2, 0.25) is 0 Å². The molecule has 3 heteroatoms. The highest BCUT2D eigenvalue weighted by Gasteiger charge is 2.26. The van der Waals surface area contributed by atoms with Crippen LogP contribution in [0.1, 0.15) is 40.0 Å². The zero-order chi connectivity index (χ0) is 9.78. The van der Waals surface area contributed by atoms with Crippen LogP contribution in [0.2, 0.25) is 0 Å². The lowest BCUT2D eigenvalue weighted by molar-refractivity contribution is -0.147. The smallest absolute Gasteiger partial charge is 0.309 e. The molecule has 0 aromatic carbocycles. The predicted octanol–water partition coefficient (Wildman–Crippen LogP) is 3.05. The fraction of sp³-hybridized carbons (Fsp3) is 0.889. The molecule has 72 valence electrons. The number of aliphatic carboxylic acids is 1. The van der Waals surface area contributed by atoms with Crippen LogP contribution in [0, 0.1) is 5.41 Å². The van der Waals surface area contributed by atoms with Crippen molar-refractivity contribution in [3.8, 4) is 0 Å². The van der Waals surface area contributed by atoms with Gasteiger partial charge in [-0.15, -0.1) is 0 Å². The molecular formula is C9H17BrO2. The zero-order valence-electron chi connectivity index (χ0n) is 7.93. The zero-order valence-corrected chi connectivity index (χ0v) is 9.52. The Morgan fingerprint density at radius 2 is 2.08 bits per heavy atom. The van der Waals surface area contributed by atoms with Crippen molar-refractivity contribution in [3.05, 3.63) is 0 Å². The third-order valence-corrected chi connectivity index (χ3v) is 3.21. The molecule has 0 aliphatic rings. The summed E-state index contributed by atoms with van der Waals surface area (Å²) in [7, 11) is 0. The van der Waals surface area contributed by atoms with Crippen molar-refractivity contribution in [3.63, 3.8) is 0 Å². The van der Waals surface area contributed by atoms with Gasteiger partial charge in [-0.1, -0.05) is 22.9 Å². The Labute approximate surface area is 82.5 Å². The van der Waals surface area contributed by atoms with E-state index < -0.39 is 11.4 Å². The summed E-state index contributed by atoms with van der Waals surface area (Å²) in [5, 5.41) is 8.81. The molecule has 0 aliphatic carbocycles. The molecule has 1 N–H and O–H groups in total. The van der Waals surface area contributed by atoms with E-state index in [9.17, 15) is 4.79 Å². The Bertz CT molecular complexity index is 155. The molecule has 0 radical (unpaired) electrons. The molecule has 0 heterocycles. The van der Waals surface area contributed by atoms with Gasteiger partial charge in [-0.05, 0) is 33.1 Å². The lowest BCUT2D eigenvalue weighted by Gasteiger charge is -2.19. The first-order chi connectivity index (χ1) is 5.40. The van der Waals surface area contributed by atoms with E-state index in [0.717, 1.165) is 19.3 Å². The molecule has 0 aromatic heterocycles. The summed E-state index contributed by atoms with van der Waals surface area (Å²) in [6.45, 7) is 5.63. The molecule has 0 amide bonds. The summed E-state index contributed by atoms with van der Waals surface area (Å²) in [6.07, 6.45) is 2.71. The number of carboxylic acid groups (broad SMARTS) is 1. The summed E-state index contributed by atoms with van der Waals surface area (Å²) in [5.41, 5.74) is -0.582. The molecule has 1 unspecified atom stereocenters. The molecule has 12 heavy (non-hydrogen) atoms. The number of rotatable bonds is 5. The quantitative estimate of drug-likeness (QED) is 0.746. The minimum absolute atomic E-state index is 0.455. The highest BCUT2D eigenvalue weighted by atomic mass is 79.9. The van der Waals surface area contributed by atoms with Crippen molar-refractivity contribution >= 4 is 21.9 Å². The first kappa shape index (κ1) is 11.9. The molecule has 0 aromatic rings. The van der Waals surface area contributed by atoms with Gasteiger partial charge in [0.1, 0.15) is 0 Å². The van der Waals surface area contributed by atoms with Crippen LogP contribution in [-0.2, 0) is 4.79 Å². The highest BCUT2D eigenvalue weighted by molar-refractivity contribution is 9.09. The summed E-state index contributed by atoms with van der Waals surface area (Å²) in [5.74, 6) is -0.710. The van der Waals surface area contributed by atoms with E-state index in [1.54, 1.807) is 13.8 Å². The molecule has 0 saturated heterocycles. The van der Waals surface area contributed by atoms with Crippen LogP contribution >= 0.6 is 15.9 Å². The van der Waals surface area contributed by atoms with Crippen molar-refractivity contribution in [2.24, 2.45) is 5.41 Å². The van der Waals surface area contributed by atoms with Gasteiger partial charge >= 0.3 is 5.97 Å². The van der Waals surface area contributed by atoms with E-state index in [2.05, 4.69) is 22.9 Å². The Hall–Kier alpha value is -0.0500. The van der Waals surface area contributed by atoms with E-state index in [0.29, 0.717) is 4.83 Å². The standard InChI is InChI=1S/C9H17BrO2/c1-4-7(10)5-6-9(2,3)8(11)12/h7H,4-6H2,1-3H3,(H,11,12). The van der Waals surface area contributed by atoms with Crippen molar-refractivity contribution in [2.75, 3.05) is 0 Å². The monoisotopic (exact) mass is 236 g/mol. The van der Waals surface area contributed by atoms with Crippen molar-refractivity contribution < 1.29 is 9.90 Å². The van der Waals surface area contributed by atoms with Gasteiger partial charge < -0.3 is 5.11 Å². The van der Waals surface area contributed by atoms with E-state index in [1.165, 1.54) is 0 Å². The van der Waals surface area contributed by atoms with E-state index >= 15 is 0 Å². The topological polar surface area (TPSA) is 37.3 Å². The molecule has 1 atom stereocenters. The maximum atomic E-state index is 10.7. The number of alkyl halides is 1. The van der Waals surface area contributed by atoms with Gasteiger partial charge in [0, 0.05) is 4.83 Å². The summed E-state index contributed by atoms with van der Waals surface area (Å²) < 4.78 is 0. The van der Waals surface area contributed by atoms with Crippen LogP contribution in [0.3, 0.4) is 0 Å². The average Bonchev–Trinajstić information content (AvgIpc) is 2.00. The highest BCUT2D eigenvalue weighted by Crippen LogP contribution is 2.26. The van der Waals surface area contributed by atoms with Crippen LogP contribution in [0.5, 0.6) is 0 Å². The lowest BCUT2D eigenvalue weighted by atomic mass is 9.87. The Kier molecular flexibility index (Phi) is 4.83. The van der Waals surface area contributed by atoms with Gasteiger partial charge in [-0.3, -0.25) is 4.79 Å². The summed E-state index contributed by atoms with van der Waals surface area (Å²) in [6, 6.07) is 0. The van der Waals surface area contributed by atoms with Gasteiger partial charge in [-0.25, -0.2) is 0 Å². The van der Waals surface area contributed by atoms with Gasteiger partial charge in [0.05, 0.1) is 5.41 Å².